The quantitative estimate of drug-likeness (QED) is 0.0697. The Morgan fingerprint density at radius 1 is 1.12 bits per heavy atom. The number of sulfonamides is 1. The van der Waals surface area contributed by atoms with Crippen LogP contribution in [0.4, 0.5) is 4.79 Å². The molecule has 15 nitrogen and oxygen atoms in total. The van der Waals surface area contributed by atoms with Gasteiger partial charge in [0.2, 0.25) is 15.9 Å². The van der Waals surface area contributed by atoms with Crippen molar-refractivity contribution in [2.24, 2.45) is 22.7 Å². The van der Waals surface area contributed by atoms with Gasteiger partial charge in [0, 0.05) is 25.0 Å². The lowest BCUT2D eigenvalue weighted by Gasteiger charge is -2.34. The molecule has 2 fully saturated rings. The fourth-order valence-electron chi connectivity index (χ4n) is 7.07. The number of aryl methyl sites for hydroxylation is 1. The molecule has 1 saturated carbocycles. The number of amides is 4. The van der Waals surface area contributed by atoms with Crippen LogP contribution in [0.1, 0.15) is 67.8 Å². The van der Waals surface area contributed by atoms with E-state index in [0.29, 0.717) is 11.3 Å². The topological polar surface area (TPSA) is 205 Å². The van der Waals surface area contributed by atoms with Crippen molar-refractivity contribution < 1.29 is 37.5 Å². The number of imide groups is 1. The third kappa shape index (κ3) is 11.1. The van der Waals surface area contributed by atoms with Crippen LogP contribution in [0, 0.1) is 18.8 Å². The number of carbonyl (C=O) groups is 4. The molecule has 4 amide bonds. The van der Waals surface area contributed by atoms with Crippen LogP contribution in [-0.4, -0.2) is 107 Å². The summed E-state index contributed by atoms with van der Waals surface area (Å²) in [5.74, 6) is -1.92. The van der Waals surface area contributed by atoms with Crippen molar-refractivity contribution in [1.29, 1.82) is 0 Å². The van der Waals surface area contributed by atoms with Gasteiger partial charge in [-0.05, 0) is 61.3 Å². The molecule has 1 aromatic heterocycles. The first-order chi connectivity index (χ1) is 26.8. The third-order valence-electron chi connectivity index (χ3n) is 9.95. The lowest BCUT2D eigenvalue weighted by molar-refractivity contribution is -0.143. The zero-order valence-electron chi connectivity index (χ0n) is 32.0. The molecular weight excluding hydrogens is 759 g/mol. The van der Waals surface area contributed by atoms with Gasteiger partial charge in [0.05, 0.1) is 46.9 Å². The van der Waals surface area contributed by atoms with Crippen molar-refractivity contribution in [2.75, 3.05) is 26.2 Å². The molecule has 0 spiro atoms. The Morgan fingerprint density at radius 2 is 1.82 bits per heavy atom. The molecule has 1 unspecified atom stereocenters. The molecule has 302 valence electrons. The van der Waals surface area contributed by atoms with Crippen LogP contribution >= 0.6 is 11.3 Å². The van der Waals surface area contributed by atoms with Gasteiger partial charge >= 0.3 is 12.0 Å². The van der Waals surface area contributed by atoms with Crippen LogP contribution in [0.15, 0.2) is 70.0 Å². The molecule has 2 aliphatic rings. The molecule has 1 aliphatic heterocycles. The fourth-order valence-corrected chi connectivity index (χ4v) is 9.21. The van der Waals surface area contributed by atoms with Crippen molar-refractivity contribution in [3.8, 4) is 0 Å². The maximum Gasteiger partial charge on any atom is 0.336 e. The lowest BCUT2D eigenvalue weighted by atomic mass is 9.97. The van der Waals surface area contributed by atoms with E-state index in [1.165, 1.54) is 51.0 Å². The van der Waals surface area contributed by atoms with E-state index >= 15 is 0 Å². The number of rotatable bonds is 19. The number of oxime groups is 1. The zero-order chi connectivity index (χ0) is 40.4. The summed E-state index contributed by atoms with van der Waals surface area (Å²) in [6.07, 6.45) is 3.76. The second-order valence-electron chi connectivity index (χ2n) is 14.6. The van der Waals surface area contributed by atoms with Crippen molar-refractivity contribution in [3.63, 3.8) is 0 Å². The van der Waals surface area contributed by atoms with E-state index in [1.54, 1.807) is 19.2 Å². The Balaban J connectivity index is 1.37. The number of urea groups is 1. The number of hydrogen-bond donors (Lipinski definition) is 3. The summed E-state index contributed by atoms with van der Waals surface area (Å²) < 4.78 is 29.8. The number of nitrogens with one attached hydrogen (secondary N) is 1. The first kappa shape index (κ1) is 42.6. The predicted octanol–water partition coefficient (Wildman–Crippen LogP) is 3.44. The highest BCUT2D eigenvalue weighted by Crippen LogP contribution is 2.29. The molecule has 56 heavy (non-hydrogen) atoms. The number of aromatic nitrogens is 1. The van der Waals surface area contributed by atoms with Crippen LogP contribution in [-0.2, 0) is 42.2 Å². The average Bonchev–Trinajstić information content (AvgIpc) is 3.90. The maximum absolute atomic E-state index is 14.3. The van der Waals surface area contributed by atoms with Gasteiger partial charge in [0.15, 0.2) is 0 Å². The average molecular weight is 810 g/mol. The Labute approximate surface area is 331 Å². The Kier molecular flexibility index (Phi) is 14.9. The first-order valence-electron chi connectivity index (χ1n) is 18.8. The lowest BCUT2D eigenvalue weighted by Crippen LogP contribution is -2.57. The van der Waals surface area contributed by atoms with E-state index in [1.807, 2.05) is 37.3 Å². The highest BCUT2D eigenvalue weighted by Gasteiger charge is 2.44. The SMILES string of the molecule is Cc1nc(CN2C(=O)CN([C@H](C(=O)NC(Cc3ccccc3)[C@@H](O)CN(CC3CCCC3)S(=O)(=O)c3ccc(C=NOC(=O)CCN)cc3)C(C)C)C2=O)cs1. The fraction of sp³-hybridized carbons (Fsp3) is 0.487. The van der Waals surface area contributed by atoms with Gasteiger partial charge in [0.25, 0.3) is 5.91 Å². The monoisotopic (exact) mass is 809 g/mol. The van der Waals surface area contributed by atoms with Crippen molar-refractivity contribution >= 4 is 51.4 Å². The summed E-state index contributed by atoms with van der Waals surface area (Å²) >= 11 is 1.41. The van der Waals surface area contributed by atoms with Crippen molar-refractivity contribution in [2.45, 2.75) is 88.9 Å². The standard InChI is InChI=1S/C39H51N7O8S2/c1-26(2)37(46-24-35(48)45(39(46)51)22-31-25-55-27(3)42-31)38(50)43-33(19-28-9-5-4-6-10-28)34(47)23-44(21-30-11-7-8-12-30)56(52,53)32-15-13-29(14-16-32)20-41-54-36(49)17-18-40/h4-6,9-10,13-16,20,25-26,30,33-34,37,47H,7-8,11-12,17-19,21-24,40H2,1-3H3,(H,43,50)/t33?,34-,37-/m0/s1. The van der Waals surface area contributed by atoms with Gasteiger partial charge in [-0.25, -0.2) is 23.0 Å². The molecule has 0 bridgehead atoms. The number of nitrogens with zero attached hydrogens (tertiary/aromatic N) is 5. The summed E-state index contributed by atoms with van der Waals surface area (Å²) in [6, 6.07) is 12.5. The van der Waals surface area contributed by atoms with Gasteiger partial charge in [-0.15, -0.1) is 11.3 Å². The number of nitrogens with two attached hydrogens (primary N) is 1. The Morgan fingerprint density at radius 3 is 2.45 bits per heavy atom. The molecule has 3 atom stereocenters. The van der Waals surface area contributed by atoms with Crippen molar-refractivity contribution in [1.82, 2.24) is 24.4 Å². The highest BCUT2D eigenvalue weighted by molar-refractivity contribution is 7.89. The minimum Gasteiger partial charge on any atom is -0.390 e. The first-order valence-corrected chi connectivity index (χ1v) is 21.2. The number of hydrogen-bond acceptors (Lipinski definition) is 12. The van der Waals surface area contributed by atoms with Crippen molar-refractivity contribution in [3.05, 3.63) is 81.8 Å². The third-order valence-corrected chi connectivity index (χ3v) is 12.6. The van der Waals surface area contributed by atoms with E-state index < -0.39 is 57.9 Å². The number of benzene rings is 2. The normalized spacial score (nSPS) is 17.0. The van der Waals surface area contributed by atoms with Gasteiger partial charge < -0.3 is 25.9 Å². The summed E-state index contributed by atoms with van der Waals surface area (Å²) in [5, 5.41) is 21.1. The maximum atomic E-state index is 14.3. The van der Waals surface area contributed by atoms with Crippen LogP contribution in [0.25, 0.3) is 0 Å². The molecule has 0 radical (unpaired) electrons. The smallest absolute Gasteiger partial charge is 0.336 e. The number of aliphatic hydroxyl groups excluding tert-OH is 1. The predicted molar refractivity (Wildman–Crippen MR) is 211 cm³/mol. The molecule has 3 aromatic rings. The molecule has 1 aliphatic carbocycles. The molecular formula is C39H51N7O8S2. The summed E-state index contributed by atoms with van der Waals surface area (Å²) in [5.41, 5.74) is 7.23. The Hall–Kier alpha value is -4.55. The van der Waals surface area contributed by atoms with E-state index in [2.05, 4.69) is 15.5 Å². The van der Waals surface area contributed by atoms with Crippen LogP contribution < -0.4 is 11.1 Å². The minimum absolute atomic E-state index is 0.00179. The van der Waals surface area contributed by atoms with Crippen LogP contribution in [0.2, 0.25) is 0 Å². The largest absolute Gasteiger partial charge is 0.390 e. The van der Waals surface area contributed by atoms with Gasteiger partial charge in [-0.1, -0.05) is 74.3 Å². The minimum atomic E-state index is -4.15. The van der Waals surface area contributed by atoms with E-state index in [-0.39, 0.29) is 56.4 Å². The van der Waals surface area contributed by atoms with E-state index in [4.69, 9.17) is 10.6 Å². The van der Waals surface area contributed by atoms with Gasteiger partial charge in [0.1, 0.15) is 12.6 Å². The molecule has 1 saturated heterocycles. The second-order valence-corrected chi connectivity index (χ2v) is 17.6. The number of carbonyl (C=O) groups excluding carboxylic acids is 4. The number of aliphatic hydroxyl groups is 1. The molecule has 2 heterocycles. The van der Waals surface area contributed by atoms with Gasteiger partial charge in [-0.3, -0.25) is 14.5 Å². The van der Waals surface area contributed by atoms with E-state index in [0.717, 1.165) is 41.2 Å². The molecule has 17 heteroatoms. The number of thiazole rings is 1. The second kappa shape index (κ2) is 19.5. The van der Waals surface area contributed by atoms with Crippen LogP contribution in [0.5, 0.6) is 0 Å². The molecule has 4 N–H and O–H groups in total. The zero-order valence-corrected chi connectivity index (χ0v) is 33.6. The summed E-state index contributed by atoms with van der Waals surface area (Å²) in [4.78, 5) is 64.0. The van der Waals surface area contributed by atoms with Crippen LogP contribution in [0.3, 0.4) is 0 Å². The summed E-state index contributed by atoms with van der Waals surface area (Å²) in [6.45, 7) is 5.08. The van der Waals surface area contributed by atoms with E-state index in [9.17, 15) is 32.7 Å². The molecule has 5 rings (SSSR count). The Bertz CT molecular complexity index is 1950. The van der Waals surface area contributed by atoms with Gasteiger partial charge in [-0.2, -0.15) is 4.31 Å². The molecule has 2 aromatic carbocycles. The highest BCUT2D eigenvalue weighted by atomic mass is 32.2. The summed E-state index contributed by atoms with van der Waals surface area (Å²) in [7, 11) is -4.15.